The van der Waals surface area contributed by atoms with Crippen LogP contribution in [-0.2, 0) is 4.79 Å². The van der Waals surface area contributed by atoms with Gasteiger partial charge in [-0.3, -0.25) is 14.7 Å². The van der Waals surface area contributed by atoms with Crippen molar-refractivity contribution in [1.29, 1.82) is 0 Å². The number of Topliss-reactive ketones (excluding diaryl/α,β-unsaturated/α-hetero) is 1. The highest BCUT2D eigenvalue weighted by atomic mass is 32.1. The minimum Gasteiger partial charge on any atom is -0.370 e. The number of hydrogen-bond acceptors (Lipinski definition) is 6. The first kappa shape index (κ1) is 18.4. The maximum atomic E-state index is 12.7. The number of amides is 1. The minimum absolute atomic E-state index is 0.148. The molecule has 0 radical (unpaired) electrons. The maximum absolute atomic E-state index is 12.7. The molecule has 0 atom stereocenters. The number of H-pyrrole nitrogens is 1. The zero-order valence-corrected chi connectivity index (χ0v) is 16.3. The van der Waals surface area contributed by atoms with Crippen molar-refractivity contribution in [1.82, 2.24) is 15.2 Å². The van der Waals surface area contributed by atoms with Crippen molar-refractivity contribution in [3.8, 4) is 10.6 Å². The van der Waals surface area contributed by atoms with E-state index in [-0.39, 0.29) is 17.6 Å². The van der Waals surface area contributed by atoms with Gasteiger partial charge < -0.3 is 10.2 Å². The Morgan fingerprint density at radius 2 is 2.04 bits per heavy atom. The Bertz CT molecular complexity index is 974. The number of aromatic nitrogens is 3. The highest BCUT2D eigenvalue weighted by Gasteiger charge is 2.24. The van der Waals surface area contributed by atoms with Gasteiger partial charge in [-0.25, -0.2) is 4.98 Å². The molecule has 28 heavy (non-hydrogen) atoms. The zero-order chi connectivity index (χ0) is 19.5. The molecule has 3 aromatic rings. The molecular formula is C20H21N5O2S. The van der Waals surface area contributed by atoms with Crippen molar-refractivity contribution in [3.05, 3.63) is 47.7 Å². The van der Waals surface area contributed by atoms with Crippen LogP contribution in [0, 0.1) is 5.92 Å². The second-order valence-electron chi connectivity index (χ2n) is 6.87. The highest BCUT2D eigenvalue weighted by Crippen LogP contribution is 2.31. The van der Waals surface area contributed by atoms with Crippen LogP contribution in [0.2, 0.25) is 0 Å². The quantitative estimate of drug-likeness (QED) is 0.689. The first-order chi connectivity index (χ1) is 13.6. The van der Waals surface area contributed by atoms with Crippen LogP contribution in [0.15, 0.2) is 42.0 Å². The lowest BCUT2D eigenvalue weighted by atomic mass is 9.93. The second kappa shape index (κ2) is 7.93. The van der Waals surface area contributed by atoms with Gasteiger partial charge in [-0.15, -0.1) is 11.3 Å². The number of rotatable bonds is 5. The van der Waals surface area contributed by atoms with Gasteiger partial charge in [0.1, 0.15) is 16.5 Å². The van der Waals surface area contributed by atoms with Crippen LogP contribution in [0.4, 0.5) is 11.4 Å². The number of nitrogens with zero attached hydrogens (tertiary/aromatic N) is 3. The summed E-state index contributed by atoms with van der Waals surface area (Å²) in [6, 6.07) is 7.76. The summed E-state index contributed by atoms with van der Waals surface area (Å²) in [6.07, 6.45) is 5.12. The molecule has 0 aliphatic carbocycles. The van der Waals surface area contributed by atoms with E-state index in [4.69, 9.17) is 0 Å². The molecule has 1 aliphatic rings. The second-order valence-corrected chi connectivity index (χ2v) is 7.73. The summed E-state index contributed by atoms with van der Waals surface area (Å²) in [4.78, 5) is 31.0. The molecule has 1 amide bonds. The zero-order valence-electron chi connectivity index (χ0n) is 15.5. The molecule has 1 aliphatic heterocycles. The molecule has 0 unspecified atom stereocenters. The van der Waals surface area contributed by atoms with Crippen molar-refractivity contribution in [2.24, 2.45) is 5.92 Å². The van der Waals surface area contributed by atoms with Crippen LogP contribution < -0.4 is 10.2 Å². The van der Waals surface area contributed by atoms with Crippen molar-refractivity contribution < 1.29 is 9.59 Å². The number of nitrogens with one attached hydrogen (secondary N) is 2. The van der Waals surface area contributed by atoms with E-state index in [1.165, 1.54) is 11.3 Å². The molecule has 4 rings (SSSR count). The SMILES string of the molecule is CC(=O)C1CCN(c2ccccc2NC(=O)c2csc(-c3cn[nH]c3)n2)CC1. The Hall–Kier alpha value is -3.00. The van der Waals surface area contributed by atoms with Crippen LogP contribution in [0.3, 0.4) is 0 Å². The van der Waals surface area contributed by atoms with Gasteiger partial charge in [-0.1, -0.05) is 12.1 Å². The van der Waals surface area contributed by atoms with Crippen molar-refractivity contribution in [2.75, 3.05) is 23.3 Å². The van der Waals surface area contributed by atoms with E-state index in [1.807, 2.05) is 24.3 Å². The lowest BCUT2D eigenvalue weighted by Gasteiger charge is -2.33. The number of ketones is 1. The van der Waals surface area contributed by atoms with E-state index in [1.54, 1.807) is 24.7 Å². The van der Waals surface area contributed by atoms with Crippen molar-refractivity contribution in [3.63, 3.8) is 0 Å². The molecule has 144 valence electrons. The van der Waals surface area contributed by atoms with Crippen LogP contribution in [0.1, 0.15) is 30.3 Å². The third-order valence-electron chi connectivity index (χ3n) is 5.04. The fourth-order valence-corrected chi connectivity index (χ4v) is 4.23. The van der Waals surface area contributed by atoms with Crippen LogP contribution >= 0.6 is 11.3 Å². The summed E-state index contributed by atoms with van der Waals surface area (Å²) in [6.45, 7) is 3.27. The Morgan fingerprint density at radius 1 is 1.25 bits per heavy atom. The largest absolute Gasteiger partial charge is 0.370 e. The van der Waals surface area contributed by atoms with Crippen LogP contribution in [-0.4, -0.2) is 40.0 Å². The van der Waals surface area contributed by atoms with Crippen LogP contribution in [0.25, 0.3) is 10.6 Å². The van der Waals surface area contributed by atoms with E-state index in [0.29, 0.717) is 5.69 Å². The molecule has 3 heterocycles. The molecule has 0 bridgehead atoms. The van der Waals surface area contributed by atoms with E-state index in [2.05, 4.69) is 25.4 Å². The predicted octanol–water partition coefficient (Wildman–Crippen LogP) is 3.59. The van der Waals surface area contributed by atoms with Gasteiger partial charge >= 0.3 is 0 Å². The molecule has 0 saturated carbocycles. The number of benzene rings is 1. The predicted molar refractivity (Wildman–Crippen MR) is 110 cm³/mol. The number of piperidine rings is 1. The molecule has 1 fully saturated rings. The van der Waals surface area contributed by atoms with Gasteiger partial charge in [0.2, 0.25) is 0 Å². The molecule has 1 aromatic carbocycles. The summed E-state index contributed by atoms with van der Waals surface area (Å²) in [5.74, 6) is 0.171. The minimum atomic E-state index is -0.239. The monoisotopic (exact) mass is 395 g/mol. The molecule has 0 spiro atoms. The molecular weight excluding hydrogens is 374 g/mol. The lowest BCUT2D eigenvalue weighted by Crippen LogP contribution is -2.36. The third kappa shape index (κ3) is 3.82. The number of thiazole rings is 1. The number of carbonyl (C=O) groups is 2. The number of aromatic amines is 1. The van der Waals surface area contributed by atoms with Gasteiger partial charge in [0.25, 0.3) is 5.91 Å². The highest BCUT2D eigenvalue weighted by molar-refractivity contribution is 7.13. The van der Waals surface area contributed by atoms with E-state index >= 15 is 0 Å². The van der Waals surface area contributed by atoms with Crippen molar-refractivity contribution in [2.45, 2.75) is 19.8 Å². The topological polar surface area (TPSA) is 91.0 Å². The lowest BCUT2D eigenvalue weighted by molar-refractivity contribution is -0.121. The van der Waals surface area contributed by atoms with Gasteiger partial charge in [-0.05, 0) is 31.9 Å². The summed E-state index contributed by atoms with van der Waals surface area (Å²) in [7, 11) is 0. The Balaban J connectivity index is 1.48. The summed E-state index contributed by atoms with van der Waals surface area (Å²) in [5, 5.41) is 12.2. The molecule has 8 heteroatoms. The van der Waals surface area contributed by atoms with Gasteiger partial charge in [0.15, 0.2) is 0 Å². The van der Waals surface area contributed by atoms with Crippen molar-refractivity contribution >= 4 is 34.4 Å². The number of hydrogen-bond donors (Lipinski definition) is 2. The van der Waals surface area contributed by atoms with Crippen LogP contribution in [0.5, 0.6) is 0 Å². The first-order valence-electron chi connectivity index (χ1n) is 9.22. The summed E-state index contributed by atoms with van der Waals surface area (Å²) >= 11 is 1.41. The van der Waals surface area contributed by atoms with E-state index in [9.17, 15) is 9.59 Å². The number of para-hydroxylation sites is 2. The molecule has 7 nitrogen and oxygen atoms in total. The van der Waals surface area contributed by atoms with Gasteiger partial charge in [0.05, 0.1) is 17.6 Å². The third-order valence-corrected chi connectivity index (χ3v) is 5.94. The fourth-order valence-electron chi connectivity index (χ4n) is 3.45. The molecule has 1 saturated heterocycles. The standard InChI is InChI=1S/C20H21N5O2S/c1-13(26)14-6-8-25(9-7-14)18-5-3-2-4-16(18)23-19(27)17-12-28-20(24-17)15-10-21-22-11-15/h2-5,10-12,14H,6-9H2,1H3,(H,21,22)(H,23,27). The average Bonchev–Trinajstić information content (AvgIpc) is 3.40. The summed E-state index contributed by atoms with van der Waals surface area (Å²) < 4.78 is 0. The Kier molecular flexibility index (Phi) is 5.21. The molecule has 2 aromatic heterocycles. The number of anilines is 2. The molecule has 2 N–H and O–H groups in total. The smallest absolute Gasteiger partial charge is 0.275 e. The van der Waals surface area contributed by atoms with E-state index in [0.717, 1.165) is 47.9 Å². The first-order valence-corrected chi connectivity index (χ1v) is 10.1. The summed E-state index contributed by atoms with van der Waals surface area (Å²) in [5.41, 5.74) is 2.97. The maximum Gasteiger partial charge on any atom is 0.275 e. The normalized spacial score (nSPS) is 14.8. The van der Waals surface area contributed by atoms with Gasteiger partial charge in [0, 0.05) is 36.1 Å². The fraction of sp³-hybridized carbons (Fsp3) is 0.300. The Morgan fingerprint density at radius 3 is 2.75 bits per heavy atom. The van der Waals surface area contributed by atoms with E-state index < -0.39 is 0 Å². The Labute approximate surface area is 166 Å². The van der Waals surface area contributed by atoms with Gasteiger partial charge in [-0.2, -0.15) is 5.10 Å². The number of carbonyl (C=O) groups excluding carboxylic acids is 2. The average molecular weight is 395 g/mol.